The molecule has 0 spiro atoms. The highest BCUT2D eigenvalue weighted by atomic mass is 79.9. The van der Waals surface area contributed by atoms with Crippen LogP contribution in [0.3, 0.4) is 0 Å². The summed E-state index contributed by atoms with van der Waals surface area (Å²) >= 11 is 9.18. The first-order valence-corrected chi connectivity index (χ1v) is 5.21. The van der Waals surface area contributed by atoms with Gasteiger partial charge in [0.2, 0.25) is 0 Å². The quantitative estimate of drug-likeness (QED) is 0.846. The first-order valence-electron chi connectivity index (χ1n) is 4.04. The fraction of sp³-hybridized carbons (Fsp3) is 0.300. The Balaban J connectivity index is 3.15. The van der Waals surface area contributed by atoms with Crippen LogP contribution in [0.15, 0.2) is 22.7 Å². The molecule has 0 fully saturated rings. The Morgan fingerprint density at radius 2 is 2.21 bits per heavy atom. The van der Waals surface area contributed by atoms with Crippen LogP contribution in [0.25, 0.3) is 0 Å². The Bertz CT molecular complexity index is 352. The van der Waals surface area contributed by atoms with E-state index in [9.17, 15) is 4.79 Å². The van der Waals surface area contributed by atoms with Gasteiger partial charge in [0, 0.05) is 22.2 Å². The fourth-order valence-electron chi connectivity index (χ4n) is 1.23. The Morgan fingerprint density at radius 1 is 1.57 bits per heavy atom. The van der Waals surface area contributed by atoms with Crippen LogP contribution in [0, 0.1) is 0 Å². The van der Waals surface area contributed by atoms with Crippen molar-refractivity contribution in [2.24, 2.45) is 0 Å². The summed E-state index contributed by atoms with van der Waals surface area (Å²) < 4.78 is 5.92. The second-order valence-electron chi connectivity index (χ2n) is 2.89. The van der Waals surface area contributed by atoms with Crippen molar-refractivity contribution < 1.29 is 9.53 Å². The predicted octanol–water partition coefficient (Wildman–Crippen LogP) is 3.38. The molecule has 0 aromatic heterocycles. The Kier molecular flexibility index (Phi) is 4.11. The summed E-state index contributed by atoms with van der Waals surface area (Å²) in [5.74, 6) is -0.0459. The minimum absolute atomic E-state index is 0.0459. The average molecular weight is 278 g/mol. The van der Waals surface area contributed by atoms with Gasteiger partial charge in [-0.15, -0.1) is 0 Å². The number of carbonyl (C=O) groups excluding carboxylic acids is 1. The van der Waals surface area contributed by atoms with Crippen molar-refractivity contribution in [3.05, 3.63) is 33.3 Å². The smallest absolute Gasteiger partial charge is 0.163 e. The summed E-state index contributed by atoms with van der Waals surface area (Å²) in [6.07, 6.45) is -0.553. The van der Waals surface area contributed by atoms with Crippen molar-refractivity contribution in [1.29, 1.82) is 0 Å². The van der Waals surface area contributed by atoms with E-state index in [0.29, 0.717) is 5.02 Å². The molecule has 14 heavy (non-hydrogen) atoms. The van der Waals surface area contributed by atoms with E-state index in [1.165, 1.54) is 14.0 Å². The van der Waals surface area contributed by atoms with E-state index >= 15 is 0 Å². The first-order chi connectivity index (χ1) is 6.56. The van der Waals surface area contributed by atoms with Gasteiger partial charge in [0.05, 0.1) is 0 Å². The van der Waals surface area contributed by atoms with Gasteiger partial charge in [0.1, 0.15) is 6.10 Å². The lowest BCUT2D eigenvalue weighted by Gasteiger charge is -2.14. The molecule has 0 bridgehead atoms. The highest BCUT2D eigenvalue weighted by molar-refractivity contribution is 9.10. The lowest BCUT2D eigenvalue weighted by Crippen LogP contribution is -2.11. The first kappa shape index (κ1) is 11.7. The van der Waals surface area contributed by atoms with Crippen molar-refractivity contribution in [2.75, 3.05) is 7.11 Å². The normalized spacial score (nSPS) is 12.6. The molecule has 1 atom stereocenters. The van der Waals surface area contributed by atoms with Crippen LogP contribution in [0.4, 0.5) is 0 Å². The molecule has 0 N–H and O–H groups in total. The number of halogens is 2. The van der Waals surface area contributed by atoms with Crippen LogP contribution in [0.1, 0.15) is 18.6 Å². The van der Waals surface area contributed by atoms with Crippen molar-refractivity contribution in [2.45, 2.75) is 13.0 Å². The third-order valence-electron chi connectivity index (χ3n) is 1.85. The molecule has 1 aromatic rings. The van der Waals surface area contributed by atoms with Gasteiger partial charge < -0.3 is 4.74 Å². The Morgan fingerprint density at radius 3 is 2.71 bits per heavy atom. The zero-order chi connectivity index (χ0) is 10.7. The number of Topliss-reactive ketones (excluding diaryl/α,β-unsaturated/α-hetero) is 1. The maximum Gasteiger partial charge on any atom is 0.163 e. The average Bonchev–Trinajstić information content (AvgIpc) is 2.11. The Hall–Kier alpha value is -0.380. The monoisotopic (exact) mass is 276 g/mol. The number of hydrogen-bond donors (Lipinski definition) is 0. The maximum atomic E-state index is 11.3. The predicted molar refractivity (Wildman–Crippen MR) is 59.6 cm³/mol. The summed E-state index contributed by atoms with van der Waals surface area (Å²) in [4.78, 5) is 11.3. The molecule has 0 amide bonds. The fourth-order valence-corrected chi connectivity index (χ4v) is 1.86. The van der Waals surface area contributed by atoms with Gasteiger partial charge in [-0.1, -0.05) is 27.5 Å². The Labute approximate surface area is 96.3 Å². The summed E-state index contributed by atoms with van der Waals surface area (Å²) in [5.41, 5.74) is 0.757. The minimum Gasteiger partial charge on any atom is -0.369 e. The molecule has 0 aliphatic rings. The molecule has 76 valence electrons. The van der Waals surface area contributed by atoms with Crippen LogP contribution < -0.4 is 0 Å². The van der Waals surface area contributed by atoms with E-state index in [4.69, 9.17) is 16.3 Å². The zero-order valence-electron chi connectivity index (χ0n) is 7.88. The molecule has 4 heteroatoms. The third kappa shape index (κ3) is 2.56. The van der Waals surface area contributed by atoms with Crippen LogP contribution in [-0.2, 0) is 9.53 Å². The second-order valence-corrected chi connectivity index (χ2v) is 4.18. The number of rotatable bonds is 3. The third-order valence-corrected chi connectivity index (χ3v) is 2.80. The van der Waals surface area contributed by atoms with Gasteiger partial charge >= 0.3 is 0 Å². The summed E-state index contributed by atoms with van der Waals surface area (Å²) in [7, 11) is 1.50. The van der Waals surface area contributed by atoms with Gasteiger partial charge in [-0.05, 0) is 25.1 Å². The molecule has 2 nitrogen and oxygen atoms in total. The van der Waals surface area contributed by atoms with E-state index in [0.717, 1.165) is 10.0 Å². The summed E-state index contributed by atoms with van der Waals surface area (Å²) in [6, 6.07) is 5.27. The standard InChI is InChI=1S/C10H10BrClO2/c1-6(13)10(14-2)8-5-7(12)3-4-9(8)11/h3-5,10H,1-2H3. The van der Waals surface area contributed by atoms with Gasteiger partial charge in [0.15, 0.2) is 5.78 Å². The number of benzene rings is 1. The van der Waals surface area contributed by atoms with E-state index < -0.39 is 6.10 Å². The molecule has 0 heterocycles. The highest BCUT2D eigenvalue weighted by Crippen LogP contribution is 2.28. The van der Waals surface area contributed by atoms with Crippen molar-refractivity contribution in [3.8, 4) is 0 Å². The topological polar surface area (TPSA) is 26.3 Å². The molecule has 1 unspecified atom stereocenters. The van der Waals surface area contributed by atoms with Crippen LogP contribution in [0.5, 0.6) is 0 Å². The van der Waals surface area contributed by atoms with E-state index in [2.05, 4.69) is 15.9 Å². The number of ether oxygens (including phenoxy) is 1. The molecule has 0 radical (unpaired) electrons. The number of carbonyl (C=O) groups is 1. The number of methoxy groups -OCH3 is 1. The second kappa shape index (κ2) is 4.91. The van der Waals surface area contributed by atoms with Crippen LogP contribution in [0.2, 0.25) is 5.02 Å². The molecular formula is C10H10BrClO2. The van der Waals surface area contributed by atoms with Crippen molar-refractivity contribution >= 4 is 33.3 Å². The van der Waals surface area contributed by atoms with Crippen molar-refractivity contribution in [1.82, 2.24) is 0 Å². The van der Waals surface area contributed by atoms with Crippen LogP contribution >= 0.6 is 27.5 Å². The van der Waals surface area contributed by atoms with Crippen LogP contribution in [-0.4, -0.2) is 12.9 Å². The van der Waals surface area contributed by atoms with Gasteiger partial charge in [0.25, 0.3) is 0 Å². The molecule has 0 aliphatic heterocycles. The molecular weight excluding hydrogens is 267 g/mol. The van der Waals surface area contributed by atoms with E-state index in [-0.39, 0.29) is 5.78 Å². The van der Waals surface area contributed by atoms with Gasteiger partial charge in [-0.2, -0.15) is 0 Å². The molecule has 1 aromatic carbocycles. The summed E-state index contributed by atoms with van der Waals surface area (Å²) in [5, 5.41) is 0.589. The van der Waals surface area contributed by atoms with Gasteiger partial charge in [-0.3, -0.25) is 4.79 Å². The minimum atomic E-state index is -0.553. The lowest BCUT2D eigenvalue weighted by atomic mass is 10.1. The highest BCUT2D eigenvalue weighted by Gasteiger charge is 2.18. The summed E-state index contributed by atoms with van der Waals surface area (Å²) in [6.45, 7) is 1.49. The lowest BCUT2D eigenvalue weighted by molar-refractivity contribution is -0.126. The molecule has 1 rings (SSSR count). The molecule has 0 aliphatic carbocycles. The maximum absolute atomic E-state index is 11.3. The van der Waals surface area contributed by atoms with Gasteiger partial charge in [-0.25, -0.2) is 0 Å². The molecule has 0 saturated carbocycles. The van der Waals surface area contributed by atoms with Crippen molar-refractivity contribution in [3.63, 3.8) is 0 Å². The number of hydrogen-bond acceptors (Lipinski definition) is 2. The number of ketones is 1. The van der Waals surface area contributed by atoms with E-state index in [1.807, 2.05) is 0 Å². The SMILES string of the molecule is COC(C(C)=O)c1cc(Cl)ccc1Br. The van der Waals surface area contributed by atoms with E-state index in [1.54, 1.807) is 18.2 Å². The zero-order valence-corrected chi connectivity index (χ0v) is 10.2. The largest absolute Gasteiger partial charge is 0.369 e. The molecule has 0 saturated heterocycles.